The van der Waals surface area contributed by atoms with Gasteiger partial charge in [-0.2, -0.15) is 0 Å². The average Bonchev–Trinajstić information content (AvgIpc) is 2.60. The normalized spacial score (nSPS) is 17.7. The molecule has 3 rings (SSSR count). The number of piperazine rings is 1. The quantitative estimate of drug-likeness (QED) is 0.625. The van der Waals surface area contributed by atoms with Crippen LogP contribution in [0.1, 0.15) is 37.9 Å². The van der Waals surface area contributed by atoms with E-state index in [0.29, 0.717) is 13.1 Å². The monoisotopic (exact) mass is 430 g/mol. The first-order valence-corrected chi connectivity index (χ1v) is 10.1. The molecule has 0 saturated carbocycles. The number of aryl methyl sites for hydroxylation is 1. The van der Waals surface area contributed by atoms with E-state index in [2.05, 4.69) is 64.2 Å². The molecule has 5 heteroatoms. The van der Waals surface area contributed by atoms with E-state index in [9.17, 15) is 4.79 Å². The van der Waals surface area contributed by atoms with Crippen molar-refractivity contribution in [3.05, 3.63) is 64.1 Å². The van der Waals surface area contributed by atoms with Gasteiger partial charge in [-0.3, -0.25) is 0 Å². The second kappa shape index (κ2) is 7.93. The van der Waals surface area contributed by atoms with Gasteiger partial charge in [0, 0.05) is 29.8 Å². The number of nitrogens with zero attached hydrogens (tertiary/aromatic N) is 2. The van der Waals surface area contributed by atoms with Gasteiger partial charge in [0.15, 0.2) is 0 Å². The Bertz CT molecular complexity index is 816. The molecule has 1 heterocycles. The van der Waals surface area contributed by atoms with Crippen LogP contribution in [0.4, 0.5) is 10.5 Å². The van der Waals surface area contributed by atoms with Gasteiger partial charge in [0.25, 0.3) is 0 Å². The number of hydrogen-bond donors (Lipinski definition) is 0. The van der Waals surface area contributed by atoms with Crippen LogP contribution in [0.15, 0.2) is 53.0 Å². The lowest BCUT2D eigenvalue weighted by atomic mass is 10.0. The van der Waals surface area contributed by atoms with Crippen LogP contribution in [0.5, 0.6) is 0 Å². The summed E-state index contributed by atoms with van der Waals surface area (Å²) in [6, 6.07) is 16.8. The summed E-state index contributed by atoms with van der Waals surface area (Å²) in [4.78, 5) is 16.9. The van der Waals surface area contributed by atoms with E-state index in [0.717, 1.165) is 11.0 Å². The van der Waals surface area contributed by atoms with Crippen molar-refractivity contribution in [3.8, 4) is 0 Å². The molecule has 0 aliphatic carbocycles. The smallest absolute Gasteiger partial charge is 0.410 e. The van der Waals surface area contributed by atoms with Crippen molar-refractivity contribution in [2.24, 2.45) is 0 Å². The molecule has 0 bridgehead atoms. The molecule has 1 saturated heterocycles. The van der Waals surface area contributed by atoms with E-state index in [1.165, 1.54) is 16.8 Å². The number of hydrogen-bond acceptors (Lipinski definition) is 3. The van der Waals surface area contributed by atoms with Gasteiger partial charge in [-0.15, -0.1) is 0 Å². The first kappa shape index (κ1) is 19.7. The van der Waals surface area contributed by atoms with Crippen molar-refractivity contribution in [1.82, 2.24) is 4.90 Å². The summed E-state index contributed by atoms with van der Waals surface area (Å²) >= 11 is 3.58. The molecular formula is C22H27BrN2O2. The van der Waals surface area contributed by atoms with E-state index in [1.54, 1.807) is 0 Å². The molecule has 2 aromatic rings. The Hall–Kier alpha value is -2.01. The molecule has 1 unspecified atom stereocenters. The van der Waals surface area contributed by atoms with Gasteiger partial charge >= 0.3 is 6.09 Å². The van der Waals surface area contributed by atoms with E-state index < -0.39 is 5.60 Å². The van der Waals surface area contributed by atoms with Gasteiger partial charge in [0.1, 0.15) is 5.60 Å². The topological polar surface area (TPSA) is 32.8 Å². The molecule has 0 spiro atoms. The summed E-state index contributed by atoms with van der Waals surface area (Å²) in [5, 5.41) is 0. The second-order valence-electron chi connectivity index (χ2n) is 7.98. The van der Waals surface area contributed by atoms with Crippen LogP contribution >= 0.6 is 15.9 Å². The minimum Gasteiger partial charge on any atom is -0.444 e. The highest BCUT2D eigenvalue weighted by molar-refractivity contribution is 9.10. The summed E-state index contributed by atoms with van der Waals surface area (Å²) in [7, 11) is 0. The lowest BCUT2D eigenvalue weighted by Gasteiger charge is -2.43. The third kappa shape index (κ3) is 4.83. The number of rotatable bonds is 2. The summed E-state index contributed by atoms with van der Waals surface area (Å²) in [5.74, 6) is 0. The first-order chi connectivity index (χ1) is 12.7. The minimum absolute atomic E-state index is 0.0740. The van der Waals surface area contributed by atoms with E-state index in [-0.39, 0.29) is 12.1 Å². The third-order valence-corrected chi connectivity index (χ3v) is 5.18. The van der Waals surface area contributed by atoms with Gasteiger partial charge in [-0.1, -0.05) is 46.3 Å². The van der Waals surface area contributed by atoms with Crippen LogP contribution in [-0.2, 0) is 4.74 Å². The number of carbonyl (C=O) groups is 1. The fourth-order valence-electron chi connectivity index (χ4n) is 3.45. The van der Waals surface area contributed by atoms with E-state index in [1.807, 2.05) is 37.8 Å². The highest BCUT2D eigenvalue weighted by Gasteiger charge is 2.33. The molecular weight excluding hydrogens is 404 g/mol. The summed E-state index contributed by atoms with van der Waals surface area (Å²) in [6.07, 6.45) is -0.244. The molecule has 1 atom stereocenters. The van der Waals surface area contributed by atoms with E-state index in [4.69, 9.17) is 4.74 Å². The molecule has 144 valence electrons. The Morgan fingerprint density at radius 2 is 1.85 bits per heavy atom. The van der Waals surface area contributed by atoms with Crippen LogP contribution in [0.2, 0.25) is 0 Å². The Kier molecular flexibility index (Phi) is 5.80. The maximum Gasteiger partial charge on any atom is 0.410 e. The zero-order valence-electron chi connectivity index (χ0n) is 16.4. The van der Waals surface area contributed by atoms with Gasteiger partial charge in [0.05, 0.1) is 6.04 Å². The third-order valence-electron chi connectivity index (χ3n) is 4.69. The lowest BCUT2D eigenvalue weighted by molar-refractivity contribution is 0.0214. The molecule has 1 aliphatic heterocycles. The zero-order chi connectivity index (χ0) is 19.6. The number of benzene rings is 2. The summed E-state index contributed by atoms with van der Waals surface area (Å²) < 4.78 is 6.65. The molecule has 1 aliphatic rings. The molecule has 4 nitrogen and oxygen atoms in total. The van der Waals surface area contributed by atoms with Gasteiger partial charge in [-0.25, -0.2) is 4.79 Å². The Labute approximate surface area is 170 Å². The number of para-hydroxylation sites is 1. The van der Waals surface area contributed by atoms with Crippen LogP contribution in [0, 0.1) is 6.92 Å². The molecule has 1 amide bonds. The fraction of sp³-hybridized carbons (Fsp3) is 0.409. The SMILES string of the molecule is Cc1ccccc1N1CCN(C(=O)OC(C)(C)C)CC1c1cccc(Br)c1. The highest BCUT2D eigenvalue weighted by atomic mass is 79.9. The number of carbonyl (C=O) groups excluding carboxylic acids is 1. The molecule has 0 aromatic heterocycles. The predicted octanol–water partition coefficient (Wildman–Crippen LogP) is 5.56. The van der Waals surface area contributed by atoms with Crippen molar-refractivity contribution in [2.45, 2.75) is 39.3 Å². The van der Waals surface area contributed by atoms with Crippen molar-refractivity contribution in [2.75, 3.05) is 24.5 Å². The Morgan fingerprint density at radius 1 is 1.11 bits per heavy atom. The van der Waals surface area contributed by atoms with Crippen LogP contribution in [0.25, 0.3) is 0 Å². The standard InChI is InChI=1S/C22H27BrN2O2/c1-16-8-5-6-11-19(16)25-13-12-24(21(26)27-22(2,3)4)15-20(25)17-9-7-10-18(23)14-17/h5-11,14,20H,12-13,15H2,1-4H3. The number of amides is 1. The summed E-state index contributed by atoms with van der Waals surface area (Å²) in [5.41, 5.74) is 3.14. The molecule has 0 N–H and O–H groups in total. The van der Waals surface area contributed by atoms with Crippen molar-refractivity contribution in [1.29, 1.82) is 0 Å². The first-order valence-electron chi connectivity index (χ1n) is 9.30. The van der Waals surface area contributed by atoms with Gasteiger partial charge in [-0.05, 0) is 57.0 Å². The molecule has 27 heavy (non-hydrogen) atoms. The largest absolute Gasteiger partial charge is 0.444 e. The van der Waals surface area contributed by atoms with Crippen LogP contribution in [0.3, 0.4) is 0 Å². The summed E-state index contributed by atoms with van der Waals surface area (Å²) in [6.45, 7) is 9.85. The van der Waals surface area contributed by atoms with Crippen LogP contribution < -0.4 is 4.90 Å². The lowest BCUT2D eigenvalue weighted by Crippen LogP contribution is -2.51. The molecule has 1 fully saturated rings. The maximum absolute atomic E-state index is 12.6. The predicted molar refractivity (Wildman–Crippen MR) is 113 cm³/mol. The number of halogens is 1. The maximum atomic E-state index is 12.6. The second-order valence-corrected chi connectivity index (χ2v) is 8.89. The van der Waals surface area contributed by atoms with Crippen molar-refractivity contribution >= 4 is 27.7 Å². The molecule has 0 radical (unpaired) electrons. The Morgan fingerprint density at radius 3 is 2.52 bits per heavy atom. The highest BCUT2D eigenvalue weighted by Crippen LogP contribution is 2.34. The molecule has 2 aromatic carbocycles. The van der Waals surface area contributed by atoms with Crippen molar-refractivity contribution < 1.29 is 9.53 Å². The Balaban J connectivity index is 1.92. The van der Waals surface area contributed by atoms with Crippen LogP contribution in [-0.4, -0.2) is 36.2 Å². The zero-order valence-corrected chi connectivity index (χ0v) is 18.0. The van der Waals surface area contributed by atoms with Gasteiger partial charge < -0.3 is 14.5 Å². The number of ether oxygens (including phenoxy) is 1. The fourth-order valence-corrected chi connectivity index (χ4v) is 3.87. The van der Waals surface area contributed by atoms with E-state index >= 15 is 0 Å². The average molecular weight is 431 g/mol. The van der Waals surface area contributed by atoms with Crippen molar-refractivity contribution in [3.63, 3.8) is 0 Å². The van der Waals surface area contributed by atoms with Gasteiger partial charge in [0.2, 0.25) is 0 Å². The number of anilines is 1. The minimum atomic E-state index is -0.491.